The normalized spacial score (nSPS) is 15.2. The maximum Gasteiger partial charge on any atom is 0.432 e. The Bertz CT molecular complexity index is 1590. The zero-order valence-corrected chi connectivity index (χ0v) is 29.7. The number of allylic oxidation sites excluding steroid dienone is 4. The SMILES string of the molecule is C=CC(C)(CC/C=C(\C)CC/C=C(\C)[C@H](OC(=O)[C@@](OC)(c1ccccc1)C(F)(F)F)C(=O)C=C(C)C)Oc1ccc(O)cc1CC(=O)OC. The number of esters is 2. The van der Waals surface area contributed by atoms with Gasteiger partial charge in [0.05, 0.1) is 13.5 Å². The minimum Gasteiger partial charge on any atom is -0.508 e. The number of benzene rings is 2. The van der Waals surface area contributed by atoms with E-state index >= 15 is 0 Å². The number of phenolic OH excluding ortho intramolecular Hbond substituents is 1. The minimum atomic E-state index is -5.19. The molecule has 0 aliphatic heterocycles. The minimum absolute atomic E-state index is 0.0122. The van der Waals surface area contributed by atoms with Crippen LogP contribution in [0.3, 0.4) is 0 Å². The van der Waals surface area contributed by atoms with Crippen LogP contribution in [-0.2, 0) is 40.6 Å². The van der Waals surface area contributed by atoms with E-state index in [9.17, 15) is 32.7 Å². The van der Waals surface area contributed by atoms with Gasteiger partial charge >= 0.3 is 18.1 Å². The van der Waals surface area contributed by atoms with Crippen molar-refractivity contribution in [3.05, 3.63) is 107 Å². The lowest BCUT2D eigenvalue weighted by molar-refractivity contribution is -0.277. The number of aromatic hydroxyl groups is 1. The fourth-order valence-electron chi connectivity index (χ4n) is 5.13. The molecule has 0 radical (unpaired) electrons. The van der Waals surface area contributed by atoms with Crippen LogP contribution in [0, 0.1) is 0 Å². The third-order valence-corrected chi connectivity index (χ3v) is 8.02. The zero-order chi connectivity index (χ0) is 37.7. The topological polar surface area (TPSA) is 108 Å². The first-order valence-corrected chi connectivity index (χ1v) is 16.0. The summed E-state index contributed by atoms with van der Waals surface area (Å²) in [5, 5.41) is 9.90. The Labute approximate surface area is 292 Å². The van der Waals surface area contributed by atoms with Gasteiger partial charge in [-0.15, -0.1) is 0 Å². The Morgan fingerprint density at radius 2 is 1.62 bits per heavy atom. The van der Waals surface area contributed by atoms with Crippen LogP contribution in [0.5, 0.6) is 11.5 Å². The lowest BCUT2D eigenvalue weighted by Gasteiger charge is -2.33. The number of ketones is 1. The number of phenols is 1. The molecule has 0 aliphatic carbocycles. The predicted molar refractivity (Wildman–Crippen MR) is 185 cm³/mol. The molecule has 1 N–H and O–H groups in total. The maximum absolute atomic E-state index is 14.5. The zero-order valence-electron chi connectivity index (χ0n) is 29.7. The highest BCUT2D eigenvalue weighted by Crippen LogP contribution is 2.43. The summed E-state index contributed by atoms with van der Waals surface area (Å²) < 4.78 is 64.6. The molecule has 1 unspecified atom stereocenters. The fraction of sp³-hybridized carbons (Fsp3) is 0.410. The van der Waals surface area contributed by atoms with Crippen molar-refractivity contribution in [2.45, 2.75) is 90.2 Å². The number of methoxy groups -OCH3 is 2. The summed E-state index contributed by atoms with van der Waals surface area (Å²) in [5.74, 6) is -2.50. The van der Waals surface area contributed by atoms with Gasteiger partial charge in [0.2, 0.25) is 0 Å². The Kier molecular flexibility index (Phi) is 15.3. The molecule has 0 amide bonds. The van der Waals surface area contributed by atoms with E-state index in [-0.39, 0.29) is 17.7 Å². The van der Waals surface area contributed by atoms with Gasteiger partial charge in [-0.1, -0.05) is 60.2 Å². The summed E-state index contributed by atoms with van der Waals surface area (Å²) in [5.41, 5.74) is -2.40. The van der Waals surface area contributed by atoms with Crippen LogP contribution in [0.4, 0.5) is 13.2 Å². The highest BCUT2D eigenvalue weighted by Gasteiger charge is 2.64. The molecule has 0 fully saturated rings. The first kappa shape index (κ1) is 41.5. The fourth-order valence-corrected chi connectivity index (χ4v) is 5.13. The highest BCUT2D eigenvalue weighted by molar-refractivity contribution is 5.98. The Hall–Kier alpha value is -4.64. The van der Waals surface area contributed by atoms with Crippen molar-refractivity contribution in [3.8, 4) is 11.5 Å². The second-order valence-electron chi connectivity index (χ2n) is 12.4. The van der Waals surface area contributed by atoms with Gasteiger partial charge < -0.3 is 24.1 Å². The smallest absolute Gasteiger partial charge is 0.432 e. The van der Waals surface area contributed by atoms with E-state index in [4.69, 9.17) is 18.9 Å². The Morgan fingerprint density at radius 3 is 2.18 bits per heavy atom. The van der Waals surface area contributed by atoms with Crippen LogP contribution in [-0.4, -0.2) is 54.9 Å². The van der Waals surface area contributed by atoms with Crippen molar-refractivity contribution in [1.29, 1.82) is 0 Å². The first-order chi connectivity index (χ1) is 23.4. The van der Waals surface area contributed by atoms with Gasteiger partial charge in [-0.2, -0.15) is 13.2 Å². The highest BCUT2D eigenvalue weighted by atomic mass is 19.4. The van der Waals surface area contributed by atoms with Crippen LogP contribution in [0.1, 0.15) is 71.4 Å². The van der Waals surface area contributed by atoms with Crippen molar-refractivity contribution in [2.75, 3.05) is 14.2 Å². The monoisotopic (exact) mass is 700 g/mol. The summed E-state index contributed by atoms with van der Waals surface area (Å²) in [7, 11) is 2.05. The van der Waals surface area contributed by atoms with Crippen molar-refractivity contribution >= 4 is 17.7 Å². The molecular formula is C39H47F3O8. The molecule has 272 valence electrons. The van der Waals surface area contributed by atoms with E-state index in [2.05, 4.69) is 6.58 Å². The molecule has 0 saturated carbocycles. The number of halogens is 3. The molecule has 0 spiro atoms. The molecule has 2 rings (SSSR count). The maximum atomic E-state index is 14.5. The van der Waals surface area contributed by atoms with Crippen molar-refractivity contribution in [2.24, 2.45) is 0 Å². The van der Waals surface area contributed by atoms with Gasteiger partial charge in [0.1, 0.15) is 17.1 Å². The predicted octanol–water partition coefficient (Wildman–Crippen LogP) is 8.44. The quantitative estimate of drug-likeness (QED) is 0.0938. The first-order valence-electron chi connectivity index (χ1n) is 16.0. The Balaban J connectivity index is 2.20. The van der Waals surface area contributed by atoms with Crippen LogP contribution in [0.15, 0.2) is 96.1 Å². The van der Waals surface area contributed by atoms with Crippen molar-refractivity contribution in [3.63, 3.8) is 0 Å². The van der Waals surface area contributed by atoms with Crippen molar-refractivity contribution < 1.29 is 51.6 Å². The van der Waals surface area contributed by atoms with Crippen LogP contribution >= 0.6 is 0 Å². The van der Waals surface area contributed by atoms with E-state index in [1.165, 1.54) is 50.4 Å². The third-order valence-electron chi connectivity index (χ3n) is 8.02. The van der Waals surface area contributed by atoms with E-state index in [0.29, 0.717) is 42.6 Å². The lowest BCUT2D eigenvalue weighted by atomic mass is 9.92. The summed E-state index contributed by atoms with van der Waals surface area (Å²) in [6, 6.07) is 10.9. The standard InChI is InChI=1S/C39H47F3O8/c1-9-37(6,50-33-21-20-31(43)24-29(33)25-34(45)47-7)22-14-16-27(4)15-13-17-28(5)35(32(44)23-26(2)3)49-36(46)38(48-8,39(40,41)42)30-18-11-10-12-19-30/h9-12,16-21,23-24,35,43H,1,13-15,22,25H2,2-8H3/b27-16+,28-17+/t35-,37?,38-/m0/s1. The van der Waals surface area contributed by atoms with Gasteiger partial charge in [0, 0.05) is 18.2 Å². The molecule has 2 aromatic carbocycles. The van der Waals surface area contributed by atoms with Crippen LogP contribution in [0.2, 0.25) is 0 Å². The third kappa shape index (κ3) is 11.2. The number of hydrogen-bond donors (Lipinski definition) is 1. The van der Waals surface area contributed by atoms with Crippen LogP contribution in [0.25, 0.3) is 0 Å². The molecular weight excluding hydrogens is 653 g/mol. The van der Waals surface area contributed by atoms with Gasteiger partial charge in [0.25, 0.3) is 5.60 Å². The molecule has 0 aliphatic rings. The average Bonchev–Trinajstić information content (AvgIpc) is 3.04. The molecule has 2 aromatic rings. The molecule has 11 heteroatoms. The average molecular weight is 701 g/mol. The number of carbonyl (C=O) groups is 3. The van der Waals surface area contributed by atoms with E-state index < -0.39 is 46.8 Å². The second-order valence-corrected chi connectivity index (χ2v) is 12.4. The number of alkyl halides is 3. The molecule has 0 aromatic heterocycles. The van der Waals surface area contributed by atoms with Gasteiger partial charge in [-0.25, -0.2) is 4.79 Å². The van der Waals surface area contributed by atoms with Crippen molar-refractivity contribution in [1.82, 2.24) is 0 Å². The van der Waals surface area contributed by atoms with Gasteiger partial charge in [-0.05, 0) is 96.2 Å². The summed E-state index contributed by atoms with van der Waals surface area (Å²) in [4.78, 5) is 38.4. The van der Waals surface area contributed by atoms with Gasteiger partial charge in [-0.3, -0.25) is 9.59 Å². The molecule has 50 heavy (non-hydrogen) atoms. The lowest BCUT2D eigenvalue weighted by Crippen LogP contribution is -2.53. The van der Waals surface area contributed by atoms with E-state index in [0.717, 1.165) is 24.8 Å². The number of hydrogen-bond acceptors (Lipinski definition) is 8. The summed E-state index contributed by atoms with van der Waals surface area (Å²) in [6.07, 6.45) is 1.79. The van der Waals surface area contributed by atoms with Gasteiger partial charge in [0.15, 0.2) is 11.9 Å². The largest absolute Gasteiger partial charge is 0.508 e. The Morgan fingerprint density at radius 1 is 0.960 bits per heavy atom. The number of carbonyl (C=O) groups excluding carboxylic acids is 3. The van der Waals surface area contributed by atoms with E-state index in [1.54, 1.807) is 32.1 Å². The molecule has 3 atom stereocenters. The number of rotatable bonds is 18. The molecule has 0 bridgehead atoms. The molecule has 0 heterocycles. The summed E-state index contributed by atoms with van der Waals surface area (Å²) in [6.45, 7) is 12.5. The van der Waals surface area contributed by atoms with Crippen LogP contribution < -0.4 is 4.74 Å². The molecule has 8 nitrogen and oxygen atoms in total. The summed E-state index contributed by atoms with van der Waals surface area (Å²) >= 11 is 0. The number of ether oxygens (including phenoxy) is 4. The second kappa shape index (κ2) is 18.4. The molecule has 0 saturated heterocycles. The van der Waals surface area contributed by atoms with E-state index in [1.807, 2.05) is 19.9 Å².